The van der Waals surface area contributed by atoms with Crippen LogP contribution in [-0.2, 0) is 17.1 Å². The minimum Gasteiger partial charge on any atom is -0.491 e. The summed E-state index contributed by atoms with van der Waals surface area (Å²) in [4.78, 5) is 13.7. The molecule has 0 aromatic carbocycles. The summed E-state index contributed by atoms with van der Waals surface area (Å²) in [6.45, 7) is 1.20. The zero-order chi connectivity index (χ0) is 19.6. The maximum absolute atomic E-state index is 5.97. The van der Waals surface area contributed by atoms with Crippen LogP contribution < -0.4 is 31.9 Å². The van der Waals surface area contributed by atoms with E-state index in [0.717, 1.165) is 56.3 Å². The molecule has 4 aromatic heterocycles. The zero-order valence-electron chi connectivity index (χ0n) is 16.3. The summed E-state index contributed by atoms with van der Waals surface area (Å²) in [5.74, 6) is 0.820. The van der Waals surface area contributed by atoms with E-state index in [1.807, 2.05) is 6.07 Å². The number of aromatic nitrogens is 4. The Kier molecular flexibility index (Phi) is 5.86. The molecule has 30 heavy (non-hydrogen) atoms. The zero-order valence-corrected chi connectivity index (χ0v) is 17.5. The van der Waals surface area contributed by atoms with Crippen LogP contribution in [0.4, 0.5) is 0 Å². The molecule has 6 nitrogen and oxygen atoms in total. The first-order valence-corrected chi connectivity index (χ1v) is 9.77. The Labute approximate surface area is 183 Å². The number of aromatic amines is 4. The van der Waals surface area contributed by atoms with E-state index in [0.29, 0.717) is 13.2 Å². The maximum Gasteiger partial charge on any atom is 0.144 e. The van der Waals surface area contributed by atoms with Crippen molar-refractivity contribution in [3.8, 4) is 5.75 Å². The van der Waals surface area contributed by atoms with Gasteiger partial charge in [-0.3, -0.25) is 0 Å². The van der Waals surface area contributed by atoms with Crippen LogP contribution in [-0.4, -0.2) is 33.1 Å². The van der Waals surface area contributed by atoms with E-state index >= 15 is 0 Å². The molecule has 153 valence electrons. The summed E-state index contributed by atoms with van der Waals surface area (Å²) < 4.78 is 5.97. The average molecular weight is 440 g/mol. The number of hydrogen-bond donors (Lipinski definition) is 5. The Morgan fingerprint density at radius 1 is 0.667 bits per heavy atom. The van der Waals surface area contributed by atoms with Gasteiger partial charge in [0.1, 0.15) is 5.75 Å². The Morgan fingerprint density at radius 2 is 1.23 bits per heavy atom. The van der Waals surface area contributed by atoms with Crippen molar-refractivity contribution in [1.82, 2.24) is 19.9 Å². The first-order valence-electron chi connectivity index (χ1n) is 9.77. The molecule has 0 atom stereocenters. The molecule has 5 rings (SSSR count). The van der Waals surface area contributed by atoms with E-state index in [2.05, 4.69) is 80.6 Å². The monoisotopic (exact) mass is 440 g/mol. The fourth-order valence-electron chi connectivity index (χ4n) is 3.49. The molecule has 1 aliphatic heterocycles. The molecule has 8 bridgehead atoms. The summed E-state index contributed by atoms with van der Waals surface area (Å²) in [5, 5.41) is 3.99. The number of nitrogens with one attached hydrogen (secondary N) is 4. The third kappa shape index (κ3) is 4.39. The van der Waals surface area contributed by atoms with Crippen LogP contribution in [0.2, 0.25) is 0 Å². The minimum absolute atomic E-state index is 0. The van der Waals surface area contributed by atoms with Gasteiger partial charge in [0, 0.05) is 62.0 Å². The predicted octanol–water partition coefficient (Wildman–Crippen LogP) is 0.353. The van der Waals surface area contributed by atoms with Crippen LogP contribution in [0, 0.1) is 0 Å². The third-order valence-corrected chi connectivity index (χ3v) is 4.86. The molecule has 0 fully saturated rings. The molecule has 0 aliphatic carbocycles. The van der Waals surface area contributed by atoms with Crippen LogP contribution in [0.15, 0.2) is 42.5 Å². The second kappa shape index (κ2) is 8.71. The van der Waals surface area contributed by atoms with Crippen molar-refractivity contribution >= 4 is 24.3 Å². The first-order chi connectivity index (χ1) is 14.2. The standard InChI is InChI=1S/C23H23N5O.Mn/c24-8-1-9-29-23-14-21-12-19-5-4-17(26-19)10-15-2-3-16(25-15)11-18-6-7-20(27-18)13-22(23)28-21;/h2-7,10-14,25-28H,1,8-9,24H2;. The van der Waals surface area contributed by atoms with Crippen LogP contribution >= 0.6 is 0 Å². The van der Waals surface area contributed by atoms with Gasteiger partial charge < -0.3 is 30.4 Å². The van der Waals surface area contributed by atoms with E-state index in [9.17, 15) is 0 Å². The summed E-state index contributed by atoms with van der Waals surface area (Å²) in [5.41, 5.74) is 9.70. The number of rotatable bonds is 4. The van der Waals surface area contributed by atoms with Gasteiger partial charge in [-0.1, -0.05) is 0 Å². The molecule has 0 amide bonds. The Balaban J connectivity index is 0.00000218. The summed E-state index contributed by atoms with van der Waals surface area (Å²) >= 11 is 0. The van der Waals surface area contributed by atoms with Gasteiger partial charge >= 0.3 is 0 Å². The third-order valence-electron chi connectivity index (χ3n) is 4.86. The molecular weight excluding hydrogens is 417 g/mol. The largest absolute Gasteiger partial charge is 0.491 e. The number of H-pyrrole nitrogens is 4. The van der Waals surface area contributed by atoms with Gasteiger partial charge in [0.25, 0.3) is 0 Å². The van der Waals surface area contributed by atoms with Crippen LogP contribution in [0.3, 0.4) is 0 Å². The van der Waals surface area contributed by atoms with Crippen molar-refractivity contribution in [2.75, 3.05) is 13.2 Å². The van der Waals surface area contributed by atoms with Gasteiger partial charge in [0.05, 0.1) is 12.0 Å². The van der Waals surface area contributed by atoms with Crippen LogP contribution in [0.25, 0.3) is 24.3 Å². The number of hydrogen-bond acceptors (Lipinski definition) is 2. The summed E-state index contributed by atoms with van der Waals surface area (Å²) in [7, 11) is 0. The van der Waals surface area contributed by atoms with Crippen molar-refractivity contribution < 1.29 is 21.8 Å². The molecule has 1 radical (unpaired) electrons. The van der Waals surface area contributed by atoms with Gasteiger partial charge in [-0.05, 0) is 73.7 Å². The van der Waals surface area contributed by atoms with E-state index in [-0.39, 0.29) is 17.1 Å². The molecule has 0 unspecified atom stereocenters. The van der Waals surface area contributed by atoms with Crippen molar-refractivity contribution in [3.05, 3.63) is 86.6 Å². The molecule has 4 aromatic rings. The molecule has 0 saturated carbocycles. The van der Waals surface area contributed by atoms with Crippen molar-refractivity contribution in [3.63, 3.8) is 0 Å². The molecule has 6 N–H and O–H groups in total. The van der Waals surface area contributed by atoms with Crippen molar-refractivity contribution in [2.45, 2.75) is 6.42 Å². The molecule has 1 aliphatic rings. The average Bonchev–Trinajstić information content (AvgIpc) is 3.47. The quantitative estimate of drug-likeness (QED) is 0.206. The smallest absolute Gasteiger partial charge is 0.144 e. The predicted molar refractivity (Wildman–Crippen MR) is 115 cm³/mol. The second-order valence-electron chi connectivity index (χ2n) is 7.18. The van der Waals surface area contributed by atoms with Crippen molar-refractivity contribution in [1.29, 1.82) is 0 Å². The van der Waals surface area contributed by atoms with E-state index in [1.54, 1.807) is 0 Å². The Hall–Kier alpha value is -3.12. The first kappa shape index (κ1) is 20.2. The van der Waals surface area contributed by atoms with E-state index in [4.69, 9.17) is 10.5 Å². The maximum atomic E-state index is 5.97. The van der Waals surface area contributed by atoms with E-state index < -0.39 is 0 Å². The van der Waals surface area contributed by atoms with E-state index in [1.165, 1.54) is 0 Å². The molecule has 0 spiro atoms. The Bertz CT molecular complexity index is 1390. The molecular formula is C23H23MnN5O. The topological polar surface area (TPSA) is 98.4 Å². The molecule has 5 heterocycles. The van der Waals surface area contributed by atoms with Crippen LogP contribution in [0.1, 0.15) is 29.2 Å². The normalized spacial score (nSPS) is 12.0. The van der Waals surface area contributed by atoms with Gasteiger partial charge in [-0.15, -0.1) is 0 Å². The van der Waals surface area contributed by atoms with Crippen molar-refractivity contribution in [2.24, 2.45) is 5.73 Å². The second-order valence-corrected chi connectivity index (χ2v) is 7.18. The minimum atomic E-state index is 0. The van der Waals surface area contributed by atoms with Gasteiger partial charge in [-0.25, -0.2) is 0 Å². The van der Waals surface area contributed by atoms with Gasteiger partial charge in [0.2, 0.25) is 0 Å². The summed E-state index contributed by atoms with van der Waals surface area (Å²) in [6.07, 6.45) is 9.14. The summed E-state index contributed by atoms with van der Waals surface area (Å²) in [6, 6.07) is 14.4. The van der Waals surface area contributed by atoms with Gasteiger partial charge in [0.15, 0.2) is 0 Å². The fourth-order valence-corrected chi connectivity index (χ4v) is 3.49. The SMILES string of the molecule is NCCCOc1cc2[nH]c1=Cc1ccc([nH]1)C=c1ccc([nH]1)=Cc1ccc([nH]1)C=2.[Mn]. The van der Waals surface area contributed by atoms with Gasteiger partial charge in [-0.2, -0.15) is 0 Å². The number of nitrogens with two attached hydrogens (primary N) is 1. The van der Waals surface area contributed by atoms with Crippen LogP contribution in [0.5, 0.6) is 5.75 Å². The number of fused-ring (bicyclic) bond motifs is 8. The molecule has 7 heteroatoms. The molecule has 0 saturated heterocycles. The Morgan fingerprint density at radius 3 is 1.83 bits per heavy atom. The number of ether oxygens (including phenoxy) is 1. The fraction of sp³-hybridized carbons (Fsp3) is 0.130.